The molecule has 0 aliphatic heterocycles. The molecule has 0 fully saturated rings. The van der Waals surface area contributed by atoms with Gasteiger partial charge in [-0.05, 0) is 18.6 Å². The number of thioether (sulfide) groups is 1. The molecule has 0 bridgehead atoms. The Balaban J connectivity index is 1.86. The summed E-state index contributed by atoms with van der Waals surface area (Å²) in [6.07, 6.45) is 4.85. The molecular formula is C29H30N2O2S. The third-order valence-electron chi connectivity index (χ3n) is 5.80. The minimum absolute atomic E-state index is 0.547. The van der Waals surface area contributed by atoms with Crippen molar-refractivity contribution in [3.63, 3.8) is 0 Å². The summed E-state index contributed by atoms with van der Waals surface area (Å²) in [4.78, 5) is 17.3. The first-order valence-corrected chi connectivity index (χ1v) is 12.8. The normalized spacial score (nSPS) is 11.9. The van der Waals surface area contributed by atoms with Crippen molar-refractivity contribution >= 4 is 17.7 Å². The fourth-order valence-electron chi connectivity index (χ4n) is 4.07. The predicted molar refractivity (Wildman–Crippen MR) is 140 cm³/mol. The van der Waals surface area contributed by atoms with Crippen molar-refractivity contribution in [3.8, 4) is 28.2 Å². The molecule has 0 amide bonds. The van der Waals surface area contributed by atoms with Crippen LogP contribution in [0.2, 0.25) is 0 Å². The lowest BCUT2D eigenvalue weighted by molar-refractivity contribution is -0.136. The third-order valence-corrected chi connectivity index (χ3v) is 7.00. The van der Waals surface area contributed by atoms with Crippen molar-refractivity contribution in [3.05, 3.63) is 91.0 Å². The topological polar surface area (TPSA) is 55.1 Å². The Morgan fingerprint density at radius 1 is 0.853 bits per heavy atom. The zero-order valence-electron chi connectivity index (χ0n) is 19.4. The summed E-state index contributed by atoms with van der Waals surface area (Å²) in [5.74, 6) is -0.786. The molecule has 1 unspecified atom stereocenters. The smallest absolute Gasteiger partial charge is 0.317 e. The van der Waals surface area contributed by atoms with Gasteiger partial charge in [0, 0.05) is 16.8 Å². The standard InChI is InChI=1S/C29H30N2O2S/c1-2-3-4-14-21-25(28(32)33)34-29-30-26(22-15-8-5-9-16-22)27(23-17-10-6-11-18-23)31(29)24-19-12-7-13-20-24/h5-13,15-20,25H,2-4,14,21H2,1H3,(H,32,33). The second-order valence-corrected chi connectivity index (χ2v) is 9.46. The van der Waals surface area contributed by atoms with E-state index in [0.717, 1.165) is 53.9 Å². The molecule has 0 saturated carbocycles. The molecule has 0 radical (unpaired) electrons. The molecule has 174 valence electrons. The number of para-hydroxylation sites is 1. The summed E-state index contributed by atoms with van der Waals surface area (Å²) < 4.78 is 2.12. The number of nitrogens with zero attached hydrogens (tertiary/aromatic N) is 2. The van der Waals surface area contributed by atoms with E-state index in [1.54, 1.807) is 0 Å². The second kappa shape index (κ2) is 11.7. The molecule has 3 aromatic carbocycles. The van der Waals surface area contributed by atoms with Gasteiger partial charge in [0.2, 0.25) is 0 Å². The Hall–Kier alpha value is -3.31. The van der Waals surface area contributed by atoms with Gasteiger partial charge in [-0.1, -0.05) is 123 Å². The maximum Gasteiger partial charge on any atom is 0.317 e. The zero-order valence-corrected chi connectivity index (χ0v) is 20.2. The number of benzene rings is 3. The number of hydrogen-bond donors (Lipinski definition) is 1. The molecule has 0 spiro atoms. The summed E-state index contributed by atoms with van der Waals surface area (Å²) in [5.41, 5.74) is 4.84. The van der Waals surface area contributed by atoms with Crippen LogP contribution in [-0.2, 0) is 4.79 Å². The molecule has 1 aromatic heterocycles. The largest absolute Gasteiger partial charge is 0.480 e. The number of aromatic nitrogens is 2. The van der Waals surface area contributed by atoms with E-state index in [9.17, 15) is 9.90 Å². The minimum atomic E-state index is -0.786. The number of carboxylic acids is 1. The Morgan fingerprint density at radius 2 is 1.44 bits per heavy atom. The van der Waals surface area contributed by atoms with E-state index < -0.39 is 11.2 Å². The molecular weight excluding hydrogens is 440 g/mol. The van der Waals surface area contributed by atoms with Gasteiger partial charge in [0.25, 0.3) is 0 Å². The van der Waals surface area contributed by atoms with Crippen LogP contribution in [0.3, 0.4) is 0 Å². The van der Waals surface area contributed by atoms with E-state index in [1.165, 1.54) is 11.8 Å². The highest BCUT2D eigenvalue weighted by molar-refractivity contribution is 8.00. The second-order valence-electron chi connectivity index (χ2n) is 8.29. The molecule has 34 heavy (non-hydrogen) atoms. The molecule has 1 atom stereocenters. The zero-order chi connectivity index (χ0) is 23.8. The van der Waals surface area contributed by atoms with E-state index in [-0.39, 0.29) is 0 Å². The van der Waals surface area contributed by atoms with Gasteiger partial charge in [0.1, 0.15) is 5.25 Å². The number of carboxylic acid groups (broad SMARTS) is 1. The SMILES string of the molecule is CCCCCCC(Sc1nc(-c2ccccc2)c(-c2ccccc2)n1-c1ccccc1)C(=O)O. The van der Waals surface area contributed by atoms with Crippen molar-refractivity contribution in [1.29, 1.82) is 0 Å². The number of carbonyl (C=O) groups is 1. The average Bonchev–Trinajstić information content (AvgIpc) is 3.26. The summed E-state index contributed by atoms with van der Waals surface area (Å²) in [5, 5.41) is 10.2. The first kappa shape index (κ1) is 23.8. The minimum Gasteiger partial charge on any atom is -0.480 e. The molecule has 5 heteroatoms. The average molecular weight is 471 g/mol. The van der Waals surface area contributed by atoms with E-state index >= 15 is 0 Å². The molecule has 0 aliphatic rings. The number of aliphatic carboxylic acids is 1. The van der Waals surface area contributed by atoms with Crippen molar-refractivity contribution in [2.24, 2.45) is 0 Å². The highest BCUT2D eigenvalue weighted by Crippen LogP contribution is 2.39. The lowest BCUT2D eigenvalue weighted by Gasteiger charge is -2.15. The quantitative estimate of drug-likeness (QED) is 0.180. The van der Waals surface area contributed by atoms with Gasteiger partial charge in [-0.25, -0.2) is 4.98 Å². The molecule has 0 aliphatic carbocycles. The molecule has 1 heterocycles. The van der Waals surface area contributed by atoms with Crippen LogP contribution >= 0.6 is 11.8 Å². The summed E-state index contributed by atoms with van der Waals surface area (Å²) in [6.45, 7) is 2.16. The number of imidazole rings is 1. The summed E-state index contributed by atoms with van der Waals surface area (Å²) >= 11 is 1.35. The molecule has 4 nitrogen and oxygen atoms in total. The predicted octanol–water partition coefficient (Wildman–Crippen LogP) is 7.72. The number of hydrogen-bond acceptors (Lipinski definition) is 3. The maximum atomic E-state index is 12.2. The van der Waals surface area contributed by atoms with E-state index in [2.05, 4.69) is 35.8 Å². The van der Waals surface area contributed by atoms with E-state index in [0.29, 0.717) is 11.6 Å². The van der Waals surface area contributed by atoms with Gasteiger partial charge < -0.3 is 5.11 Å². The van der Waals surface area contributed by atoms with Crippen LogP contribution in [-0.4, -0.2) is 25.9 Å². The molecule has 0 saturated heterocycles. The first-order chi connectivity index (χ1) is 16.7. The van der Waals surface area contributed by atoms with E-state index in [4.69, 9.17) is 4.98 Å². The van der Waals surface area contributed by atoms with Crippen molar-refractivity contribution in [2.45, 2.75) is 49.4 Å². The fourth-order valence-corrected chi connectivity index (χ4v) is 5.16. The van der Waals surface area contributed by atoms with Crippen molar-refractivity contribution in [1.82, 2.24) is 9.55 Å². The number of unbranched alkanes of at least 4 members (excludes halogenated alkanes) is 3. The first-order valence-electron chi connectivity index (χ1n) is 11.9. The van der Waals surface area contributed by atoms with Gasteiger partial charge in [0.05, 0.1) is 11.4 Å². The van der Waals surface area contributed by atoms with Gasteiger partial charge in [0.15, 0.2) is 5.16 Å². The van der Waals surface area contributed by atoms with Crippen LogP contribution in [0.1, 0.15) is 39.0 Å². The van der Waals surface area contributed by atoms with Crippen LogP contribution in [0.4, 0.5) is 0 Å². The number of rotatable bonds is 11. The van der Waals surface area contributed by atoms with Gasteiger partial charge in [-0.3, -0.25) is 9.36 Å². The van der Waals surface area contributed by atoms with Gasteiger partial charge in [-0.15, -0.1) is 0 Å². The molecule has 4 aromatic rings. The molecule has 4 rings (SSSR count). The Kier molecular flexibility index (Phi) is 8.21. The molecule has 1 N–H and O–H groups in total. The van der Waals surface area contributed by atoms with Crippen LogP contribution < -0.4 is 0 Å². The fraction of sp³-hybridized carbons (Fsp3) is 0.241. The Labute approximate surface area is 205 Å². The van der Waals surface area contributed by atoms with Crippen molar-refractivity contribution in [2.75, 3.05) is 0 Å². The van der Waals surface area contributed by atoms with Crippen LogP contribution in [0.25, 0.3) is 28.2 Å². The highest BCUT2D eigenvalue weighted by atomic mass is 32.2. The summed E-state index contributed by atoms with van der Waals surface area (Å²) in [7, 11) is 0. The maximum absolute atomic E-state index is 12.2. The summed E-state index contributed by atoms with van der Waals surface area (Å²) in [6, 6.07) is 30.4. The lowest BCUT2D eigenvalue weighted by Crippen LogP contribution is -2.17. The van der Waals surface area contributed by atoms with Crippen LogP contribution in [0.15, 0.2) is 96.2 Å². The van der Waals surface area contributed by atoms with Gasteiger partial charge >= 0.3 is 5.97 Å². The van der Waals surface area contributed by atoms with Crippen LogP contribution in [0.5, 0.6) is 0 Å². The monoisotopic (exact) mass is 470 g/mol. The Morgan fingerprint density at radius 3 is 2.03 bits per heavy atom. The van der Waals surface area contributed by atoms with Crippen molar-refractivity contribution < 1.29 is 9.90 Å². The van der Waals surface area contributed by atoms with Crippen LogP contribution in [0, 0.1) is 0 Å². The highest BCUT2D eigenvalue weighted by Gasteiger charge is 2.26. The lowest BCUT2D eigenvalue weighted by atomic mass is 10.0. The van der Waals surface area contributed by atoms with Gasteiger partial charge in [-0.2, -0.15) is 0 Å². The Bertz CT molecular complexity index is 1190. The van der Waals surface area contributed by atoms with E-state index in [1.807, 2.05) is 66.7 Å². The third kappa shape index (κ3) is 5.60.